The lowest BCUT2D eigenvalue weighted by atomic mass is 9.91. The van der Waals surface area contributed by atoms with E-state index in [1.54, 1.807) is 17.0 Å². The summed E-state index contributed by atoms with van der Waals surface area (Å²) in [6.07, 6.45) is 7.78. The normalized spacial score (nSPS) is 20.9. The molecular formula is C22H32N4O3. The Bertz CT molecular complexity index is 691. The van der Waals surface area contributed by atoms with Crippen molar-refractivity contribution in [3.05, 3.63) is 30.3 Å². The van der Waals surface area contributed by atoms with Crippen LogP contribution in [0.2, 0.25) is 0 Å². The molecule has 7 nitrogen and oxygen atoms in total. The highest BCUT2D eigenvalue weighted by Gasteiger charge is 2.33. The molecule has 2 aliphatic rings. The van der Waals surface area contributed by atoms with E-state index in [0.717, 1.165) is 37.8 Å². The second-order valence-corrected chi connectivity index (χ2v) is 8.30. The SMILES string of the molecule is CN(C=O)C[C@@H](CC1CCCC1)C(=O)N1CCC[C@@H](C(=O)Nc2ccccc2)N1. The van der Waals surface area contributed by atoms with Crippen LogP contribution in [0.25, 0.3) is 0 Å². The molecule has 1 aromatic carbocycles. The predicted octanol–water partition coefficient (Wildman–Crippen LogP) is 2.41. The molecule has 0 unspecified atom stereocenters. The molecule has 1 aliphatic heterocycles. The van der Waals surface area contributed by atoms with Crippen molar-refractivity contribution in [3.63, 3.8) is 0 Å². The Morgan fingerprint density at radius 3 is 2.62 bits per heavy atom. The third-order valence-electron chi connectivity index (χ3n) is 5.94. The van der Waals surface area contributed by atoms with E-state index < -0.39 is 6.04 Å². The van der Waals surface area contributed by atoms with Gasteiger partial charge in [0.15, 0.2) is 0 Å². The number of hydrogen-bond acceptors (Lipinski definition) is 4. The number of anilines is 1. The second kappa shape index (κ2) is 10.4. The molecule has 0 aromatic heterocycles. The van der Waals surface area contributed by atoms with E-state index in [-0.39, 0.29) is 17.7 Å². The van der Waals surface area contributed by atoms with Gasteiger partial charge in [0, 0.05) is 25.8 Å². The lowest BCUT2D eigenvalue weighted by molar-refractivity contribution is -0.143. The van der Waals surface area contributed by atoms with Gasteiger partial charge < -0.3 is 10.2 Å². The average molecular weight is 401 g/mol. The Labute approximate surface area is 172 Å². The van der Waals surface area contributed by atoms with Crippen molar-refractivity contribution >= 4 is 23.9 Å². The van der Waals surface area contributed by atoms with Gasteiger partial charge in [-0.2, -0.15) is 0 Å². The zero-order chi connectivity index (χ0) is 20.6. The number of hydrogen-bond donors (Lipinski definition) is 2. The molecular weight excluding hydrogens is 368 g/mol. The maximum atomic E-state index is 13.3. The van der Waals surface area contributed by atoms with Crippen molar-refractivity contribution in [1.29, 1.82) is 0 Å². The number of carbonyl (C=O) groups excluding carboxylic acids is 3. The number of benzene rings is 1. The summed E-state index contributed by atoms with van der Waals surface area (Å²) in [6, 6.07) is 8.89. The third kappa shape index (κ3) is 6.03. The molecule has 1 aromatic rings. The first kappa shape index (κ1) is 21.3. The van der Waals surface area contributed by atoms with Crippen molar-refractivity contribution in [2.75, 3.05) is 25.5 Å². The van der Waals surface area contributed by atoms with Gasteiger partial charge in [-0.25, -0.2) is 5.43 Å². The highest BCUT2D eigenvalue weighted by molar-refractivity contribution is 5.95. The van der Waals surface area contributed by atoms with Crippen LogP contribution in [0.5, 0.6) is 0 Å². The maximum Gasteiger partial charge on any atom is 0.243 e. The van der Waals surface area contributed by atoms with Gasteiger partial charge in [-0.05, 0) is 37.3 Å². The zero-order valence-electron chi connectivity index (χ0n) is 17.2. The van der Waals surface area contributed by atoms with Gasteiger partial charge in [-0.1, -0.05) is 43.9 Å². The fourth-order valence-corrected chi connectivity index (χ4v) is 4.40. The number of nitrogens with one attached hydrogen (secondary N) is 2. The minimum atomic E-state index is -0.441. The number of carbonyl (C=O) groups is 3. The molecule has 1 saturated heterocycles. The molecule has 3 amide bonds. The highest BCUT2D eigenvalue weighted by atomic mass is 16.2. The van der Waals surface area contributed by atoms with Gasteiger partial charge in [0.25, 0.3) is 0 Å². The molecule has 3 rings (SSSR count). The Morgan fingerprint density at radius 1 is 1.21 bits per heavy atom. The van der Waals surface area contributed by atoms with E-state index in [1.165, 1.54) is 12.8 Å². The van der Waals surface area contributed by atoms with Crippen molar-refractivity contribution < 1.29 is 14.4 Å². The van der Waals surface area contributed by atoms with Crippen LogP contribution in [0.1, 0.15) is 44.9 Å². The number of rotatable bonds is 8. The van der Waals surface area contributed by atoms with Crippen LogP contribution in [0.4, 0.5) is 5.69 Å². The minimum Gasteiger partial charge on any atom is -0.348 e. The first-order valence-electron chi connectivity index (χ1n) is 10.7. The van der Waals surface area contributed by atoms with E-state index in [4.69, 9.17) is 0 Å². The topological polar surface area (TPSA) is 81.8 Å². The van der Waals surface area contributed by atoms with Crippen LogP contribution >= 0.6 is 0 Å². The van der Waals surface area contributed by atoms with Crippen LogP contribution in [0, 0.1) is 11.8 Å². The largest absolute Gasteiger partial charge is 0.348 e. The summed E-state index contributed by atoms with van der Waals surface area (Å²) in [6.45, 7) is 0.998. The first-order valence-corrected chi connectivity index (χ1v) is 10.7. The van der Waals surface area contributed by atoms with Gasteiger partial charge in [0.1, 0.15) is 6.04 Å². The molecule has 7 heteroatoms. The number of para-hydroxylation sites is 1. The Balaban J connectivity index is 1.62. The standard InChI is InChI=1S/C22H32N4O3/c1-25(16-27)15-18(14-17-8-5-6-9-17)22(29)26-13-7-12-20(24-26)21(28)23-19-10-3-2-4-11-19/h2-4,10-11,16-18,20,24H,5-9,12-15H2,1H3,(H,23,28)/t18-,20+/m1/s1. The van der Waals surface area contributed by atoms with E-state index in [9.17, 15) is 14.4 Å². The fraction of sp³-hybridized carbons (Fsp3) is 0.591. The van der Waals surface area contributed by atoms with Crippen molar-refractivity contribution in [3.8, 4) is 0 Å². The smallest absolute Gasteiger partial charge is 0.243 e. The summed E-state index contributed by atoms with van der Waals surface area (Å²) >= 11 is 0. The van der Waals surface area contributed by atoms with Crippen molar-refractivity contribution in [2.45, 2.75) is 51.0 Å². The summed E-state index contributed by atoms with van der Waals surface area (Å²) in [7, 11) is 1.71. The summed E-state index contributed by atoms with van der Waals surface area (Å²) < 4.78 is 0. The molecule has 0 radical (unpaired) electrons. The molecule has 1 aliphatic carbocycles. The van der Waals surface area contributed by atoms with Crippen LogP contribution in [0.3, 0.4) is 0 Å². The average Bonchev–Trinajstić information content (AvgIpc) is 3.26. The highest BCUT2D eigenvalue weighted by Crippen LogP contribution is 2.31. The lowest BCUT2D eigenvalue weighted by Crippen LogP contribution is -2.58. The Morgan fingerprint density at radius 2 is 1.93 bits per heavy atom. The molecule has 2 N–H and O–H groups in total. The quantitative estimate of drug-likeness (QED) is 0.657. The van der Waals surface area contributed by atoms with Crippen molar-refractivity contribution in [2.24, 2.45) is 11.8 Å². The second-order valence-electron chi connectivity index (χ2n) is 8.30. The van der Waals surface area contributed by atoms with Crippen LogP contribution in [0.15, 0.2) is 30.3 Å². The maximum absolute atomic E-state index is 13.3. The zero-order valence-corrected chi connectivity index (χ0v) is 17.2. The fourth-order valence-electron chi connectivity index (χ4n) is 4.40. The molecule has 2 atom stereocenters. The van der Waals surface area contributed by atoms with E-state index in [2.05, 4.69) is 10.7 Å². The minimum absolute atomic E-state index is 0.0113. The molecule has 1 heterocycles. The molecule has 2 fully saturated rings. The Kier molecular flexibility index (Phi) is 7.63. The monoisotopic (exact) mass is 400 g/mol. The van der Waals surface area contributed by atoms with Gasteiger partial charge in [0.05, 0.1) is 5.92 Å². The van der Waals surface area contributed by atoms with Gasteiger partial charge >= 0.3 is 0 Å². The molecule has 0 bridgehead atoms. The van der Waals surface area contributed by atoms with Gasteiger partial charge in [-0.15, -0.1) is 0 Å². The molecule has 29 heavy (non-hydrogen) atoms. The number of hydrazine groups is 1. The Hall–Kier alpha value is -2.41. The predicted molar refractivity (Wildman–Crippen MR) is 112 cm³/mol. The van der Waals surface area contributed by atoms with Gasteiger partial charge in [0.2, 0.25) is 18.2 Å². The lowest BCUT2D eigenvalue weighted by Gasteiger charge is -2.36. The van der Waals surface area contributed by atoms with E-state index in [0.29, 0.717) is 25.4 Å². The number of amides is 3. The number of nitrogens with zero attached hydrogens (tertiary/aromatic N) is 2. The van der Waals surface area contributed by atoms with Crippen LogP contribution in [-0.4, -0.2) is 54.3 Å². The molecule has 0 spiro atoms. The summed E-state index contributed by atoms with van der Waals surface area (Å²) in [5.41, 5.74) is 3.88. The van der Waals surface area contributed by atoms with Gasteiger partial charge in [-0.3, -0.25) is 19.4 Å². The molecule has 158 valence electrons. The van der Waals surface area contributed by atoms with Crippen LogP contribution < -0.4 is 10.7 Å². The van der Waals surface area contributed by atoms with E-state index >= 15 is 0 Å². The van der Waals surface area contributed by atoms with E-state index in [1.807, 2.05) is 30.3 Å². The van der Waals surface area contributed by atoms with Crippen LogP contribution in [-0.2, 0) is 14.4 Å². The first-order chi connectivity index (χ1) is 14.1. The van der Waals surface area contributed by atoms with Crippen molar-refractivity contribution in [1.82, 2.24) is 15.3 Å². The summed E-state index contributed by atoms with van der Waals surface area (Å²) in [5, 5.41) is 4.51. The summed E-state index contributed by atoms with van der Waals surface area (Å²) in [4.78, 5) is 38.6. The summed E-state index contributed by atoms with van der Waals surface area (Å²) in [5.74, 6) is 0.163. The molecule has 1 saturated carbocycles. The third-order valence-corrected chi connectivity index (χ3v) is 5.94.